The molecule has 126 valence electrons. The molecule has 0 aliphatic carbocycles. The lowest BCUT2D eigenvalue weighted by Gasteiger charge is -2.34. The summed E-state index contributed by atoms with van der Waals surface area (Å²) < 4.78 is 10.9. The van der Waals surface area contributed by atoms with E-state index in [0.29, 0.717) is 37.1 Å². The van der Waals surface area contributed by atoms with E-state index in [4.69, 9.17) is 9.47 Å². The number of methoxy groups -OCH3 is 1. The van der Waals surface area contributed by atoms with Crippen LogP contribution in [0.5, 0.6) is 11.5 Å². The van der Waals surface area contributed by atoms with Gasteiger partial charge in [0, 0.05) is 19.6 Å². The largest absolute Gasteiger partial charge is 0.493 e. The van der Waals surface area contributed by atoms with Crippen molar-refractivity contribution in [2.45, 2.75) is 19.9 Å². The molecule has 2 unspecified atom stereocenters. The zero-order chi connectivity index (χ0) is 16.8. The molecule has 0 aromatic heterocycles. The minimum absolute atomic E-state index is 0.282. The molecule has 0 radical (unpaired) electrons. The summed E-state index contributed by atoms with van der Waals surface area (Å²) in [4.78, 5) is 13.5. The smallest absolute Gasteiger partial charge is 0.307 e. The van der Waals surface area contributed by atoms with E-state index >= 15 is 0 Å². The number of ether oxygens (including phenoxy) is 2. The normalized spacial score (nSPS) is 21.7. The van der Waals surface area contributed by atoms with Crippen LogP contribution >= 0.6 is 0 Å². The summed E-state index contributed by atoms with van der Waals surface area (Å²) in [5.41, 5.74) is 1.09. The van der Waals surface area contributed by atoms with Crippen molar-refractivity contribution >= 4 is 5.97 Å². The Bertz CT molecular complexity index is 558. The van der Waals surface area contributed by atoms with Crippen LogP contribution in [0.1, 0.15) is 18.9 Å². The lowest BCUT2D eigenvalue weighted by atomic mass is 9.90. The van der Waals surface area contributed by atoms with Gasteiger partial charge in [0.25, 0.3) is 0 Å². The Labute approximate surface area is 137 Å². The number of likely N-dealkylation sites (tertiary alicyclic amines) is 1. The monoisotopic (exact) mass is 319 g/mol. The highest BCUT2D eigenvalue weighted by Gasteiger charge is 2.29. The molecule has 5 heteroatoms. The molecule has 1 aliphatic heterocycles. The molecule has 1 saturated heterocycles. The minimum Gasteiger partial charge on any atom is -0.493 e. The number of piperidine rings is 1. The van der Waals surface area contributed by atoms with E-state index in [1.54, 1.807) is 13.2 Å². The Kier molecular flexibility index (Phi) is 6.04. The number of benzene rings is 1. The van der Waals surface area contributed by atoms with Crippen LogP contribution in [-0.2, 0) is 11.3 Å². The van der Waals surface area contributed by atoms with Gasteiger partial charge in [0.15, 0.2) is 11.5 Å². The molecule has 1 N–H and O–H groups in total. The van der Waals surface area contributed by atoms with Gasteiger partial charge in [-0.1, -0.05) is 25.6 Å². The second-order valence-corrected chi connectivity index (χ2v) is 6.16. The van der Waals surface area contributed by atoms with Gasteiger partial charge in [-0.15, -0.1) is 0 Å². The summed E-state index contributed by atoms with van der Waals surface area (Å²) in [5, 5.41) is 9.27. The van der Waals surface area contributed by atoms with Gasteiger partial charge in [-0.05, 0) is 30.0 Å². The highest BCUT2D eigenvalue weighted by molar-refractivity contribution is 5.70. The molecule has 1 aromatic carbocycles. The van der Waals surface area contributed by atoms with Crippen molar-refractivity contribution in [3.05, 3.63) is 36.4 Å². The van der Waals surface area contributed by atoms with E-state index in [0.717, 1.165) is 18.5 Å². The number of aliphatic carboxylic acids is 1. The number of hydrogen-bond acceptors (Lipinski definition) is 4. The van der Waals surface area contributed by atoms with Crippen LogP contribution in [0.4, 0.5) is 0 Å². The Morgan fingerprint density at radius 2 is 2.22 bits per heavy atom. The van der Waals surface area contributed by atoms with Gasteiger partial charge in [-0.25, -0.2) is 0 Å². The van der Waals surface area contributed by atoms with Crippen LogP contribution in [0.3, 0.4) is 0 Å². The van der Waals surface area contributed by atoms with Crippen LogP contribution in [0, 0.1) is 11.8 Å². The SMILES string of the molecule is C=CCOc1ccc(CN2CC(C)CC(C(=O)O)C2)cc1OC. The van der Waals surface area contributed by atoms with Crippen molar-refractivity contribution in [1.82, 2.24) is 4.90 Å². The molecule has 1 aromatic rings. The number of nitrogens with zero attached hydrogens (tertiary/aromatic N) is 1. The number of carboxylic acids is 1. The molecule has 1 aliphatic rings. The fourth-order valence-corrected chi connectivity index (χ4v) is 3.11. The molecule has 0 spiro atoms. The molecule has 2 rings (SSSR count). The van der Waals surface area contributed by atoms with E-state index in [2.05, 4.69) is 18.4 Å². The lowest BCUT2D eigenvalue weighted by molar-refractivity contribution is -0.144. The topological polar surface area (TPSA) is 59.0 Å². The first kappa shape index (κ1) is 17.3. The van der Waals surface area contributed by atoms with Gasteiger partial charge < -0.3 is 14.6 Å². The van der Waals surface area contributed by atoms with Crippen molar-refractivity contribution in [3.63, 3.8) is 0 Å². The Morgan fingerprint density at radius 3 is 2.87 bits per heavy atom. The summed E-state index contributed by atoms with van der Waals surface area (Å²) >= 11 is 0. The molecular weight excluding hydrogens is 294 g/mol. The van der Waals surface area contributed by atoms with Gasteiger partial charge >= 0.3 is 5.97 Å². The second-order valence-electron chi connectivity index (χ2n) is 6.16. The fraction of sp³-hybridized carbons (Fsp3) is 0.500. The molecule has 0 amide bonds. The molecule has 1 fully saturated rings. The van der Waals surface area contributed by atoms with Gasteiger partial charge in [-0.2, -0.15) is 0 Å². The van der Waals surface area contributed by atoms with Crippen LogP contribution in [-0.4, -0.2) is 42.8 Å². The fourth-order valence-electron chi connectivity index (χ4n) is 3.11. The maximum absolute atomic E-state index is 11.3. The van der Waals surface area contributed by atoms with Crippen LogP contribution in [0.25, 0.3) is 0 Å². The van der Waals surface area contributed by atoms with Gasteiger partial charge in [-0.3, -0.25) is 9.69 Å². The average Bonchev–Trinajstić information content (AvgIpc) is 2.52. The summed E-state index contributed by atoms with van der Waals surface area (Å²) in [6.45, 7) is 8.40. The predicted octanol–water partition coefficient (Wildman–Crippen LogP) is 2.80. The summed E-state index contributed by atoms with van der Waals surface area (Å²) in [5.74, 6) is 0.779. The average molecular weight is 319 g/mol. The summed E-state index contributed by atoms with van der Waals surface area (Å²) in [7, 11) is 1.61. The first-order valence-electron chi connectivity index (χ1n) is 7.89. The summed E-state index contributed by atoms with van der Waals surface area (Å²) in [6, 6.07) is 5.84. The standard InChI is InChI=1S/C18H25NO4/c1-4-7-23-16-6-5-14(9-17(16)22-3)11-19-10-13(2)8-15(12-19)18(20)21/h4-6,9,13,15H,1,7-8,10-12H2,2-3H3,(H,20,21). The van der Waals surface area contributed by atoms with E-state index in [1.165, 1.54) is 0 Å². The second kappa shape index (κ2) is 8.02. The highest BCUT2D eigenvalue weighted by atomic mass is 16.5. The first-order valence-corrected chi connectivity index (χ1v) is 7.89. The third kappa shape index (κ3) is 4.73. The number of rotatable bonds is 7. The molecule has 5 nitrogen and oxygen atoms in total. The summed E-state index contributed by atoms with van der Waals surface area (Å²) in [6.07, 6.45) is 2.44. The van der Waals surface area contributed by atoms with Gasteiger partial charge in [0.2, 0.25) is 0 Å². The lowest BCUT2D eigenvalue weighted by Crippen LogP contribution is -2.41. The van der Waals surface area contributed by atoms with Crippen molar-refractivity contribution in [3.8, 4) is 11.5 Å². The molecule has 23 heavy (non-hydrogen) atoms. The third-order valence-corrected chi connectivity index (χ3v) is 4.08. The van der Waals surface area contributed by atoms with Crippen LogP contribution in [0.15, 0.2) is 30.9 Å². The van der Waals surface area contributed by atoms with Crippen molar-refractivity contribution in [2.75, 3.05) is 26.8 Å². The molecule has 2 atom stereocenters. The Balaban J connectivity index is 2.07. The predicted molar refractivity (Wildman–Crippen MR) is 88.9 cm³/mol. The van der Waals surface area contributed by atoms with Crippen molar-refractivity contribution in [2.24, 2.45) is 11.8 Å². The third-order valence-electron chi connectivity index (χ3n) is 4.08. The molecule has 0 bridgehead atoms. The first-order chi connectivity index (χ1) is 11.0. The van der Waals surface area contributed by atoms with Crippen LogP contribution in [0.2, 0.25) is 0 Å². The highest BCUT2D eigenvalue weighted by Crippen LogP contribution is 2.30. The molecule has 0 saturated carbocycles. The van der Waals surface area contributed by atoms with E-state index < -0.39 is 5.97 Å². The maximum atomic E-state index is 11.3. The maximum Gasteiger partial charge on any atom is 0.307 e. The zero-order valence-corrected chi connectivity index (χ0v) is 13.8. The van der Waals surface area contributed by atoms with E-state index in [1.807, 2.05) is 18.2 Å². The van der Waals surface area contributed by atoms with Crippen molar-refractivity contribution in [1.29, 1.82) is 0 Å². The number of carboxylic acid groups (broad SMARTS) is 1. The molecular formula is C18H25NO4. The van der Waals surface area contributed by atoms with Crippen LogP contribution < -0.4 is 9.47 Å². The number of hydrogen-bond donors (Lipinski definition) is 1. The zero-order valence-electron chi connectivity index (χ0n) is 13.8. The van der Waals surface area contributed by atoms with Gasteiger partial charge in [0.1, 0.15) is 6.61 Å². The minimum atomic E-state index is -0.702. The number of carbonyl (C=O) groups is 1. The van der Waals surface area contributed by atoms with Crippen molar-refractivity contribution < 1.29 is 19.4 Å². The quantitative estimate of drug-likeness (QED) is 0.783. The van der Waals surface area contributed by atoms with E-state index in [-0.39, 0.29) is 5.92 Å². The van der Waals surface area contributed by atoms with Gasteiger partial charge in [0.05, 0.1) is 13.0 Å². The Morgan fingerprint density at radius 1 is 1.43 bits per heavy atom. The Hall–Kier alpha value is -2.01. The van der Waals surface area contributed by atoms with E-state index in [9.17, 15) is 9.90 Å². The molecule has 1 heterocycles.